The van der Waals surface area contributed by atoms with Crippen LogP contribution in [0.4, 0.5) is 0 Å². The Bertz CT molecular complexity index is 449. The van der Waals surface area contributed by atoms with Crippen LogP contribution in [-0.2, 0) is 16.0 Å². The number of hydrogen-bond acceptors (Lipinski definition) is 2. The van der Waals surface area contributed by atoms with E-state index < -0.39 is 0 Å². The van der Waals surface area contributed by atoms with E-state index in [1.54, 1.807) is 0 Å². The number of carbonyl (C=O) groups excluding carboxylic acids is 2. The first-order valence-corrected chi connectivity index (χ1v) is 7.30. The van der Waals surface area contributed by atoms with Gasteiger partial charge in [0.15, 0.2) is 0 Å². The van der Waals surface area contributed by atoms with Crippen molar-refractivity contribution in [3.05, 3.63) is 35.4 Å². The molecule has 0 heterocycles. The minimum absolute atomic E-state index is 0.0857. The monoisotopic (exact) mass is 275 g/mol. The van der Waals surface area contributed by atoms with E-state index in [1.807, 2.05) is 6.92 Å². The summed E-state index contributed by atoms with van der Waals surface area (Å²) >= 11 is 0. The third kappa shape index (κ3) is 5.55. The van der Waals surface area contributed by atoms with Gasteiger partial charge in [-0.1, -0.05) is 45.0 Å². The lowest BCUT2D eigenvalue weighted by Gasteiger charge is -2.10. The summed E-state index contributed by atoms with van der Waals surface area (Å²) in [5, 5.41) is 0. The van der Waals surface area contributed by atoms with Gasteiger partial charge in [-0.15, -0.1) is 0 Å². The molecule has 3 nitrogen and oxygen atoms in total. The van der Waals surface area contributed by atoms with Crippen LogP contribution in [0.2, 0.25) is 0 Å². The lowest BCUT2D eigenvalue weighted by molar-refractivity contribution is -0.123. The van der Waals surface area contributed by atoms with E-state index in [0.717, 1.165) is 6.42 Å². The molecule has 0 spiro atoms. The molecule has 0 aliphatic heterocycles. The Morgan fingerprint density at radius 2 is 1.65 bits per heavy atom. The normalized spacial score (nSPS) is 12.4. The summed E-state index contributed by atoms with van der Waals surface area (Å²) in [4.78, 5) is 22.7. The van der Waals surface area contributed by atoms with Gasteiger partial charge in [0.25, 0.3) is 0 Å². The van der Waals surface area contributed by atoms with Crippen molar-refractivity contribution in [3.63, 3.8) is 0 Å². The van der Waals surface area contributed by atoms with Crippen molar-refractivity contribution in [2.75, 3.05) is 0 Å². The first kappa shape index (κ1) is 16.4. The van der Waals surface area contributed by atoms with Crippen molar-refractivity contribution in [2.45, 2.75) is 52.4 Å². The number of ketones is 1. The number of carbonyl (C=O) groups is 2. The van der Waals surface area contributed by atoms with Crippen molar-refractivity contribution in [1.29, 1.82) is 0 Å². The van der Waals surface area contributed by atoms with E-state index in [9.17, 15) is 9.59 Å². The maximum atomic E-state index is 12.0. The quantitative estimate of drug-likeness (QED) is 0.792. The van der Waals surface area contributed by atoms with Crippen molar-refractivity contribution in [2.24, 2.45) is 11.7 Å². The first-order chi connectivity index (χ1) is 9.40. The van der Waals surface area contributed by atoms with Gasteiger partial charge in [-0.2, -0.15) is 0 Å². The third-order valence-corrected chi connectivity index (χ3v) is 3.68. The zero-order valence-electron chi connectivity index (χ0n) is 12.7. The van der Waals surface area contributed by atoms with Gasteiger partial charge >= 0.3 is 0 Å². The number of benzene rings is 1. The standard InChI is InChI=1S/C17H25NO2/c1-12(2)15-8-5-14(6-9-15)7-10-16(19)13(3)4-11-17(18)20/h5-6,8-9,12-13H,4,7,10-11H2,1-3H3,(H2,18,20)/t13-/m0/s1. The summed E-state index contributed by atoms with van der Waals surface area (Å²) in [5.74, 6) is 0.310. The van der Waals surface area contributed by atoms with E-state index >= 15 is 0 Å². The van der Waals surface area contributed by atoms with Gasteiger partial charge in [0.2, 0.25) is 5.91 Å². The first-order valence-electron chi connectivity index (χ1n) is 7.30. The van der Waals surface area contributed by atoms with Crippen molar-refractivity contribution in [3.8, 4) is 0 Å². The van der Waals surface area contributed by atoms with Gasteiger partial charge in [0.1, 0.15) is 5.78 Å². The van der Waals surface area contributed by atoms with Crippen LogP contribution in [0.25, 0.3) is 0 Å². The number of primary amides is 1. The Hall–Kier alpha value is -1.64. The van der Waals surface area contributed by atoms with Crippen LogP contribution in [0.15, 0.2) is 24.3 Å². The second kappa shape index (κ2) is 7.83. The van der Waals surface area contributed by atoms with Crippen molar-refractivity contribution < 1.29 is 9.59 Å². The molecule has 1 amide bonds. The molecule has 0 bridgehead atoms. The van der Waals surface area contributed by atoms with E-state index in [4.69, 9.17) is 5.73 Å². The molecule has 1 rings (SSSR count). The summed E-state index contributed by atoms with van der Waals surface area (Å²) in [5.41, 5.74) is 7.59. The highest BCUT2D eigenvalue weighted by Crippen LogP contribution is 2.16. The molecule has 0 aromatic heterocycles. The molecule has 20 heavy (non-hydrogen) atoms. The fourth-order valence-corrected chi connectivity index (χ4v) is 2.10. The van der Waals surface area contributed by atoms with Crippen LogP contribution in [0.3, 0.4) is 0 Å². The SMILES string of the molecule is CC(C)c1ccc(CCC(=O)[C@@H](C)CCC(N)=O)cc1. The second-order valence-electron chi connectivity index (χ2n) is 5.77. The highest BCUT2D eigenvalue weighted by Gasteiger charge is 2.13. The molecule has 1 atom stereocenters. The fraction of sp³-hybridized carbons (Fsp3) is 0.529. The molecule has 0 aliphatic rings. The molecule has 1 aromatic rings. The Kier molecular flexibility index (Phi) is 6.43. The molecule has 110 valence electrons. The molecule has 0 unspecified atom stereocenters. The highest BCUT2D eigenvalue weighted by atomic mass is 16.1. The van der Waals surface area contributed by atoms with Crippen molar-refractivity contribution in [1.82, 2.24) is 0 Å². The average Bonchev–Trinajstić information content (AvgIpc) is 2.42. The van der Waals surface area contributed by atoms with E-state index in [2.05, 4.69) is 38.1 Å². The van der Waals surface area contributed by atoms with Gasteiger partial charge in [-0.25, -0.2) is 0 Å². The van der Waals surface area contributed by atoms with Crippen LogP contribution < -0.4 is 5.73 Å². The summed E-state index contributed by atoms with van der Waals surface area (Å²) in [7, 11) is 0. The van der Waals surface area contributed by atoms with Gasteiger partial charge in [-0.3, -0.25) is 9.59 Å². The molecule has 1 aromatic carbocycles. The minimum atomic E-state index is -0.339. The van der Waals surface area contributed by atoms with Crippen LogP contribution in [0, 0.1) is 5.92 Å². The predicted molar refractivity (Wildman–Crippen MR) is 81.5 cm³/mol. The number of aryl methyl sites for hydroxylation is 1. The molecule has 0 aliphatic carbocycles. The fourth-order valence-electron chi connectivity index (χ4n) is 2.10. The van der Waals surface area contributed by atoms with Gasteiger partial charge < -0.3 is 5.73 Å². The second-order valence-corrected chi connectivity index (χ2v) is 5.77. The maximum absolute atomic E-state index is 12.0. The number of hydrogen-bond donors (Lipinski definition) is 1. The number of nitrogens with two attached hydrogens (primary N) is 1. The number of amides is 1. The molecule has 2 N–H and O–H groups in total. The molecular weight excluding hydrogens is 250 g/mol. The summed E-state index contributed by atoms with van der Waals surface area (Å²) in [6, 6.07) is 8.44. The summed E-state index contributed by atoms with van der Waals surface area (Å²) in [6.07, 6.45) is 2.13. The average molecular weight is 275 g/mol. The molecule has 3 heteroatoms. The zero-order chi connectivity index (χ0) is 15.1. The Morgan fingerprint density at radius 1 is 1.05 bits per heavy atom. The Labute approximate surface area is 121 Å². The van der Waals surface area contributed by atoms with Gasteiger partial charge in [0.05, 0.1) is 0 Å². The molecule has 0 fully saturated rings. The van der Waals surface area contributed by atoms with Crippen LogP contribution in [0.5, 0.6) is 0 Å². The molecular formula is C17H25NO2. The Morgan fingerprint density at radius 3 is 2.15 bits per heavy atom. The number of Topliss-reactive ketones (excluding diaryl/α,β-unsaturated/α-hetero) is 1. The highest BCUT2D eigenvalue weighted by molar-refractivity contribution is 5.82. The summed E-state index contributed by atoms with van der Waals surface area (Å²) < 4.78 is 0. The Balaban J connectivity index is 2.42. The van der Waals surface area contributed by atoms with Gasteiger partial charge in [-0.05, 0) is 29.9 Å². The van der Waals surface area contributed by atoms with Crippen LogP contribution >= 0.6 is 0 Å². The van der Waals surface area contributed by atoms with Gasteiger partial charge in [0, 0.05) is 18.8 Å². The zero-order valence-corrected chi connectivity index (χ0v) is 12.7. The smallest absolute Gasteiger partial charge is 0.217 e. The van der Waals surface area contributed by atoms with Crippen molar-refractivity contribution >= 4 is 11.7 Å². The molecule has 0 saturated carbocycles. The van der Waals surface area contributed by atoms with E-state index in [1.165, 1.54) is 11.1 Å². The maximum Gasteiger partial charge on any atom is 0.217 e. The number of rotatable bonds is 8. The molecule has 0 saturated heterocycles. The lowest BCUT2D eigenvalue weighted by atomic mass is 9.94. The van der Waals surface area contributed by atoms with Crippen LogP contribution in [-0.4, -0.2) is 11.7 Å². The predicted octanol–water partition coefficient (Wildman–Crippen LogP) is 3.21. The van der Waals surface area contributed by atoms with E-state index in [-0.39, 0.29) is 24.0 Å². The largest absolute Gasteiger partial charge is 0.370 e. The van der Waals surface area contributed by atoms with E-state index in [0.29, 0.717) is 18.8 Å². The molecule has 0 radical (unpaired) electrons. The minimum Gasteiger partial charge on any atom is -0.370 e. The summed E-state index contributed by atoms with van der Waals surface area (Å²) in [6.45, 7) is 6.20. The van der Waals surface area contributed by atoms with Crippen LogP contribution in [0.1, 0.15) is 57.1 Å². The third-order valence-electron chi connectivity index (χ3n) is 3.68. The lowest BCUT2D eigenvalue weighted by Crippen LogP contribution is -2.16. The topological polar surface area (TPSA) is 60.2 Å².